The molecule has 1 heterocycles. The number of aromatic nitrogens is 1. The molecule has 1 atom stereocenters. The molecule has 0 saturated heterocycles. The lowest BCUT2D eigenvalue weighted by Gasteiger charge is -2.08. The summed E-state index contributed by atoms with van der Waals surface area (Å²) in [4.78, 5) is 0. The molecule has 0 radical (unpaired) electrons. The number of alkyl halides is 3. The number of aliphatic hydroxyl groups is 1. The normalized spacial score (nSPS) is 13.8. The standard InChI is InChI=1S/C12H18F3NO2/c1-2-11(17)10-4-6-16(8-10)5-3-7-18-9-12(13,14)15/h4,6,8,11,17H,2-3,5,7,9H2,1H3. The molecule has 0 aromatic carbocycles. The Hall–Kier alpha value is -1.01. The molecule has 0 aliphatic rings. The van der Waals surface area contributed by atoms with Crippen LogP contribution < -0.4 is 0 Å². The Balaban J connectivity index is 2.22. The summed E-state index contributed by atoms with van der Waals surface area (Å²) in [5, 5.41) is 9.58. The van der Waals surface area contributed by atoms with Crippen LogP contribution in [-0.4, -0.2) is 29.1 Å². The summed E-state index contributed by atoms with van der Waals surface area (Å²) in [5.74, 6) is 0. The first-order valence-corrected chi connectivity index (χ1v) is 5.90. The second-order valence-electron chi connectivity index (χ2n) is 4.13. The lowest BCUT2D eigenvalue weighted by atomic mass is 10.1. The third kappa shape index (κ3) is 5.55. The smallest absolute Gasteiger partial charge is 0.388 e. The molecule has 104 valence electrons. The molecular formula is C12H18F3NO2. The highest BCUT2D eigenvalue weighted by Crippen LogP contribution is 2.17. The minimum atomic E-state index is -4.26. The van der Waals surface area contributed by atoms with Crippen molar-refractivity contribution in [3.05, 3.63) is 24.0 Å². The molecule has 0 fully saturated rings. The van der Waals surface area contributed by atoms with Gasteiger partial charge < -0.3 is 14.4 Å². The van der Waals surface area contributed by atoms with Gasteiger partial charge in [-0.1, -0.05) is 6.92 Å². The van der Waals surface area contributed by atoms with E-state index in [0.29, 0.717) is 19.4 Å². The van der Waals surface area contributed by atoms with Crippen molar-refractivity contribution in [2.75, 3.05) is 13.2 Å². The first-order valence-electron chi connectivity index (χ1n) is 5.90. The number of ether oxygens (including phenoxy) is 1. The highest BCUT2D eigenvalue weighted by molar-refractivity contribution is 5.13. The molecule has 0 bridgehead atoms. The van der Waals surface area contributed by atoms with Gasteiger partial charge in [0.15, 0.2) is 0 Å². The Morgan fingerprint density at radius 2 is 2.17 bits per heavy atom. The Kier molecular flexibility index (Phi) is 5.68. The van der Waals surface area contributed by atoms with Crippen molar-refractivity contribution in [2.45, 2.75) is 38.6 Å². The van der Waals surface area contributed by atoms with E-state index in [9.17, 15) is 18.3 Å². The van der Waals surface area contributed by atoms with Crippen LogP contribution in [0.5, 0.6) is 0 Å². The molecule has 0 aliphatic carbocycles. The molecule has 1 aromatic rings. The maximum atomic E-state index is 11.8. The average molecular weight is 265 g/mol. The molecule has 0 aliphatic heterocycles. The molecule has 1 N–H and O–H groups in total. The summed E-state index contributed by atoms with van der Waals surface area (Å²) in [6.45, 7) is 1.34. The van der Waals surface area contributed by atoms with Crippen LogP contribution in [0.3, 0.4) is 0 Å². The maximum Gasteiger partial charge on any atom is 0.411 e. The van der Waals surface area contributed by atoms with E-state index in [1.165, 1.54) is 0 Å². The van der Waals surface area contributed by atoms with Gasteiger partial charge in [0.2, 0.25) is 0 Å². The van der Waals surface area contributed by atoms with Gasteiger partial charge in [0.1, 0.15) is 6.61 Å². The summed E-state index contributed by atoms with van der Waals surface area (Å²) in [7, 11) is 0. The molecule has 0 amide bonds. The fourth-order valence-corrected chi connectivity index (χ4v) is 1.57. The van der Waals surface area contributed by atoms with Crippen molar-refractivity contribution in [2.24, 2.45) is 0 Å². The Morgan fingerprint density at radius 3 is 2.78 bits per heavy atom. The number of halogens is 3. The number of aryl methyl sites for hydroxylation is 1. The van der Waals surface area contributed by atoms with E-state index in [1.54, 1.807) is 12.4 Å². The van der Waals surface area contributed by atoms with Crippen molar-refractivity contribution in [1.29, 1.82) is 0 Å². The predicted octanol–water partition coefficient (Wildman–Crippen LogP) is 2.90. The first-order chi connectivity index (χ1) is 8.42. The minimum Gasteiger partial charge on any atom is -0.388 e. The van der Waals surface area contributed by atoms with Gasteiger partial charge >= 0.3 is 6.18 Å². The maximum absolute atomic E-state index is 11.8. The van der Waals surface area contributed by atoms with Crippen molar-refractivity contribution in [3.63, 3.8) is 0 Å². The zero-order valence-electron chi connectivity index (χ0n) is 10.3. The van der Waals surface area contributed by atoms with Gasteiger partial charge in [-0.05, 0) is 24.5 Å². The van der Waals surface area contributed by atoms with Crippen LogP contribution in [0.1, 0.15) is 31.4 Å². The number of hydrogen-bond acceptors (Lipinski definition) is 2. The van der Waals surface area contributed by atoms with Gasteiger partial charge in [0, 0.05) is 25.5 Å². The highest BCUT2D eigenvalue weighted by Gasteiger charge is 2.27. The van der Waals surface area contributed by atoms with Crippen LogP contribution in [0.15, 0.2) is 18.5 Å². The van der Waals surface area contributed by atoms with Gasteiger partial charge in [-0.2, -0.15) is 13.2 Å². The second kappa shape index (κ2) is 6.80. The summed E-state index contributed by atoms with van der Waals surface area (Å²) in [6.07, 6.45) is 0.0140. The largest absolute Gasteiger partial charge is 0.411 e. The molecule has 18 heavy (non-hydrogen) atoms. The van der Waals surface area contributed by atoms with E-state index in [0.717, 1.165) is 5.56 Å². The summed E-state index contributed by atoms with van der Waals surface area (Å²) in [5.41, 5.74) is 0.828. The third-order valence-electron chi connectivity index (χ3n) is 2.52. The summed E-state index contributed by atoms with van der Waals surface area (Å²) in [6, 6.07) is 1.81. The Bertz CT molecular complexity index is 349. The van der Waals surface area contributed by atoms with Crippen LogP contribution in [0.4, 0.5) is 13.2 Å². The number of aliphatic hydroxyl groups excluding tert-OH is 1. The van der Waals surface area contributed by atoms with E-state index in [1.807, 2.05) is 17.6 Å². The van der Waals surface area contributed by atoms with Gasteiger partial charge in [0.05, 0.1) is 6.10 Å². The molecule has 6 heteroatoms. The van der Waals surface area contributed by atoms with Crippen LogP contribution in [0, 0.1) is 0 Å². The van der Waals surface area contributed by atoms with Crippen molar-refractivity contribution < 1.29 is 23.0 Å². The molecule has 0 spiro atoms. The fraction of sp³-hybridized carbons (Fsp3) is 0.667. The molecular weight excluding hydrogens is 247 g/mol. The monoisotopic (exact) mass is 265 g/mol. The molecule has 1 aromatic heterocycles. The SMILES string of the molecule is CCC(O)c1ccn(CCCOCC(F)(F)F)c1. The number of rotatable bonds is 7. The third-order valence-corrected chi connectivity index (χ3v) is 2.52. The van der Waals surface area contributed by atoms with Gasteiger partial charge in [0.25, 0.3) is 0 Å². The molecule has 1 rings (SSSR count). The van der Waals surface area contributed by atoms with E-state index < -0.39 is 18.9 Å². The van der Waals surface area contributed by atoms with E-state index >= 15 is 0 Å². The average Bonchev–Trinajstić information content (AvgIpc) is 2.75. The van der Waals surface area contributed by atoms with Gasteiger partial charge in [-0.3, -0.25) is 0 Å². The number of hydrogen-bond donors (Lipinski definition) is 1. The lowest BCUT2D eigenvalue weighted by Crippen LogP contribution is -2.17. The molecule has 3 nitrogen and oxygen atoms in total. The zero-order valence-corrected chi connectivity index (χ0v) is 10.3. The zero-order chi connectivity index (χ0) is 13.6. The number of nitrogens with zero attached hydrogens (tertiary/aromatic N) is 1. The van der Waals surface area contributed by atoms with Gasteiger partial charge in [-0.25, -0.2) is 0 Å². The van der Waals surface area contributed by atoms with Crippen molar-refractivity contribution in [3.8, 4) is 0 Å². The summed E-state index contributed by atoms with van der Waals surface area (Å²) < 4.78 is 41.7. The fourth-order valence-electron chi connectivity index (χ4n) is 1.57. The summed E-state index contributed by atoms with van der Waals surface area (Å²) >= 11 is 0. The van der Waals surface area contributed by atoms with Crippen molar-refractivity contribution >= 4 is 0 Å². The molecule has 1 unspecified atom stereocenters. The Labute approximate surface area is 104 Å². The van der Waals surface area contributed by atoms with Gasteiger partial charge in [-0.15, -0.1) is 0 Å². The second-order valence-corrected chi connectivity index (χ2v) is 4.13. The molecule has 0 saturated carbocycles. The van der Waals surface area contributed by atoms with Crippen molar-refractivity contribution in [1.82, 2.24) is 4.57 Å². The van der Waals surface area contributed by atoms with Crippen LogP contribution in [-0.2, 0) is 11.3 Å². The first kappa shape index (κ1) is 15.0. The predicted molar refractivity (Wildman–Crippen MR) is 61.2 cm³/mol. The highest BCUT2D eigenvalue weighted by atomic mass is 19.4. The minimum absolute atomic E-state index is 0.0728. The van der Waals surface area contributed by atoms with E-state index in [4.69, 9.17) is 0 Å². The quantitative estimate of drug-likeness (QED) is 0.769. The van der Waals surface area contributed by atoms with Crippen LogP contribution in [0.25, 0.3) is 0 Å². The van der Waals surface area contributed by atoms with Crippen LogP contribution >= 0.6 is 0 Å². The topological polar surface area (TPSA) is 34.4 Å². The van der Waals surface area contributed by atoms with E-state index in [-0.39, 0.29) is 6.61 Å². The Morgan fingerprint density at radius 1 is 1.44 bits per heavy atom. The van der Waals surface area contributed by atoms with Crippen LogP contribution in [0.2, 0.25) is 0 Å². The lowest BCUT2D eigenvalue weighted by molar-refractivity contribution is -0.174. The van der Waals surface area contributed by atoms with E-state index in [2.05, 4.69) is 4.74 Å².